The SMILES string of the molecule is c1ccc(-c2cc(-c3cccc4ccccc34)nc(-c3cccc(-c4ccc5c(c4)C4(c6ccccc6-c6ccccc64)c4ccccc4N5c4ccccc4)c3)n2)cc1. The summed E-state index contributed by atoms with van der Waals surface area (Å²) >= 11 is 0. The average Bonchev–Trinajstić information content (AvgIpc) is 3.62. The fraction of sp³-hybridized carbons (Fsp3) is 0.0175. The maximum Gasteiger partial charge on any atom is 0.160 e. The summed E-state index contributed by atoms with van der Waals surface area (Å²) < 4.78 is 0. The van der Waals surface area contributed by atoms with Gasteiger partial charge in [-0.15, -0.1) is 0 Å². The number of hydrogen-bond acceptors (Lipinski definition) is 3. The molecule has 0 N–H and O–H groups in total. The normalized spacial score (nSPS) is 13.1. The molecule has 10 aromatic rings. The van der Waals surface area contributed by atoms with Gasteiger partial charge in [-0.3, -0.25) is 0 Å². The molecule has 0 atom stereocenters. The zero-order valence-corrected chi connectivity index (χ0v) is 32.7. The van der Waals surface area contributed by atoms with Crippen LogP contribution in [0.2, 0.25) is 0 Å². The van der Waals surface area contributed by atoms with Crippen molar-refractivity contribution in [1.82, 2.24) is 9.97 Å². The fourth-order valence-corrected chi connectivity index (χ4v) is 9.90. The summed E-state index contributed by atoms with van der Waals surface area (Å²) in [5.41, 5.74) is 17.8. The van der Waals surface area contributed by atoms with Crippen LogP contribution >= 0.6 is 0 Å². The first kappa shape index (κ1) is 34.2. The van der Waals surface area contributed by atoms with Gasteiger partial charge in [0.05, 0.1) is 28.2 Å². The van der Waals surface area contributed by atoms with Crippen LogP contribution in [-0.2, 0) is 5.41 Å². The average molecular weight is 764 g/mol. The third-order valence-electron chi connectivity index (χ3n) is 12.5. The van der Waals surface area contributed by atoms with Gasteiger partial charge in [-0.25, -0.2) is 9.97 Å². The minimum absolute atomic E-state index is 0.529. The standard InChI is InChI=1S/C57H37N3/c1-3-18-39(19-4-1)52-37-53(47-28-16-20-38-17-7-8-25-44(38)47)59-56(58-52)42-22-15-21-40(35-42)41-33-34-55-51(36-41)57(48-29-11-9-26-45(48)46-27-10-12-30-49(46)57)50-31-13-14-32-54(50)60(55)43-23-5-2-6-24-43/h1-37H. The molecule has 0 amide bonds. The van der Waals surface area contributed by atoms with E-state index in [1.807, 2.05) is 6.07 Å². The molecule has 0 fully saturated rings. The summed E-state index contributed by atoms with van der Waals surface area (Å²) in [6.45, 7) is 0. The van der Waals surface area contributed by atoms with E-state index in [1.54, 1.807) is 0 Å². The molecule has 1 aromatic heterocycles. The Morgan fingerprint density at radius 3 is 1.68 bits per heavy atom. The highest BCUT2D eigenvalue weighted by Crippen LogP contribution is 2.63. The van der Waals surface area contributed by atoms with E-state index in [2.05, 4.69) is 223 Å². The van der Waals surface area contributed by atoms with Crippen LogP contribution in [-0.4, -0.2) is 9.97 Å². The Morgan fingerprint density at radius 1 is 0.333 bits per heavy atom. The van der Waals surface area contributed by atoms with E-state index in [1.165, 1.54) is 55.5 Å². The molecule has 3 heteroatoms. The first-order valence-corrected chi connectivity index (χ1v) is 20.6. The molecule has 60 heavy (non-hydrogen) atoms. The summed E-state index contributed by atoms with van der Waals surface area (Å²) in [6, 6.07) is 81.0. The van der Waals surface area contributed by atoms with Crippen molar-refractivity contribution in [1.29, 1.82) is 0 Å². The van der Waals surface area contributed by atoms with E-state index < -0.39 is 5.41 Å². The highest BCUT2D eigenvalue weighted by molar-refractivity contribution is 5.98. The van der Waals surface area contributed by atoms with Gasteiger partial charge in [0.15, 0.2) is 5.82 Å². The zero-order valence-electron chi connectivity index (χ0n) is 32.7. The lowest BCUT2D eigenvalue weighted by Crippen LogP contribution is -2.36. The van der Waals surface area contributed by atoms with Gasteiger partial charge in [-0.1, -0.05) is 182 Å². The highest BCUT2D eigenvalue weighted by Gasteiger charge is 2.51. The molecule has 0 saturated heterocycles. The summed E-state index contributed by atoms with van der Waals surface area (Å²) in [4.78, 5) is 13.0. The van der Waals surface area contributed by atoms with Crippen molar-refractivity contribution in [2.24, 2.45) is 0 Å². The Bertz CT molecular complexity index is 3230. The second-order valence-corrected chi connectivity index (χ2v) is 15.7. The van der Waals surface area contributed by atoms with Crippen LogP contribution < -0.4 is 4.90 Å². The molecule has 0 saturated carbocycles. The molecule has 1 spiro atoms. The second-order valence-electron chi connectivity index (χ2n) is 15.7. The van der Waals surface area contributed by atoms with Crippen molar-refractivity contribution in [3.05, 3.63) is 247 Å². The predicted octanol–water partition coefficient (Wildman–Crippen LogP) is 14.4. The molecule has 0 unspecified atom stereocenters. The molecular formula is C57H37N3. The lowest BCUT2D eigenvalue weighted by molar-refractivity contribution is 0.753. The molecule has 9 aromatic carbocycles. The predicted molar refractivity (Wildman–Crippen MR) is 247 cm³/mol. The van der Waals surface area contributed by atoms with E-state index in [4.69, 9.17) is 9.97 Å². The van der Waals surface area contributed by atoms with Crippen LogP contribution in [0.15, 0.2) is 224 Å². The lowest BCUT2D eigenvalue weighted by atomic mass is 9.64. The van der Waals surface area contributed by atoms with E-state index >= 15 is 0 Å². The minimum atomic E-state index is -0.529. The Balaban J connectivity index is 1.08. The van der Waals surface area contributed by atoms with Gasteiger partial charge >= 0.3 is 0 Å². The van der Waals surface area contributed by atoms with Gasteiger partial charge in [-0.2, -0.15) is 0 Å². The minimum Gasteiger partial charge on any atom is -0.310 e. The Kier molecular flexibility index (Phi) is 7.76. The van der Waals surface area contributed by atoms with Crippen LogP contribution in [0.3, 0.4) is 0 Å². The zero-order chi connectivity index (χ0) is 39.6. The topological polar surface area (TPSA) is 29.0 Å². The highest BCUT2D eigenvalue weighted by atomic mass is 15.2. The van der Waals surface area contributed by atoms with Crippen molar-refractivity contribution in [3.8, 4) is 56.2 Å². The number of nitrogens with zero attached hydrogens (tertiary/aromatic N) is 3. The molecule has 0 radical (unpaired) electrons. The van der Waals surface area contributed by atoms with Gasteiger partial charge in [0.2, 0.25) is 0 Å². The quantitative estimate of drug-likeness (QED) is 0.175. The van der Waals surface area contributed by atoms with Gasteiger partial charge in [0.1, 0.15) is 0 Å². The lowest BCUT2D eigenvalue weighted by Gasteiger charge is -2.45. The molecule has 2 aliphatic rings. The van der Waals surface area contributed by atoms with Crippen LogP contribution in [0.1, 0.15) is 22.3 Å². The molecule has 2 heterocycles. The molecule has 280 valence electrons. The number of fused-ring (bicyclic) bond motifs is 10. The maximum absolute atomic E-state index is 5.31. The Hall–Kier alpha value is -7.88. The molecule has 1 aliphatic heterocycles. The fourth-order valence-electron chi connectivity index (χ4n) is 9.90. The number of benzene rings is 9. The van der Waals surface area contributed by atoms with Gasteiger partial charge in [0.25, 0.3) is 0 Å². The van der Waals surface area contributed by atoms with Gasteiger partial charge < -0.3 is 4.90 Å². The van der Waals surface area contributed by atoms with Crippen LogP contribution in [0.25, 0.3) is 66.9 Å². The van der Waals surface area contributed by atoms with E-state index in [9.17, 15) is 0 Å². The monoisotopic (exact) mass is 763 g/mol. The largest absolute Gasteiger partial charge is 0.310 e. The Morgan fingerprint density at radius 2 is 0.883 bits per heavy atom. The molecule has 1 aliphatic carbocycles. The first-order chi connectivity index (χ1) is 29.8. The van der Waals surface area contributed by atoms with E-state index in [0.29, 0.717) is 5.82 Å². The van der Waals surface area contributed by atoms with Crippen molar-refractivity contribution < 1.29 is 0 Å². The van der Waals surface area contributed by atoms with Gasteiger partial charge in [0, 0.05) is 22.4 Å². The van der Waals surface area contributed by atoms with Crippen molar-refractivity contribution in [2.45, 2.75) is 5.41 Å². The summed E-state index contributed by atoms with van der Waals surface area (Å²) in [5.74, 6) is 0.693. The van der Waals surface area contributed by atoms with E-state index in [0.717, 1.165) is 44.9 Å². The third kappa shape index (κ3) is 5.16. The molecular weight excluding hydrogens is 727 g/mol. The van der Waals surface area contributed by atoms with Crippen LogP contribution in [0.4, 0.5) is 17.1 Å². The number of aromatic nitrogens is 2. The van der Waals surface area contributed by atoms with Gasteiger partial charge in [-0.05, 0) is 97.7 Å². The number of anilines is 3. The van der Waals surface area contributed by atoms with Crippen molar-refractivity contribution >= 4 is 27.8 Å². The number of hydrogen-bond donors (Lipinski definition) is 0. The van der Waals surface area contributed by atoms with Crippen molar-refractivity contribution in [2.75, 3.05) is 4.90 Å². The molecule has 12 rings (SSSR count). The summed E-state index contributed by atoms with van der Waals surface area (Å²) in [7, 11) is 0. The summed E-state index contributed by atoms with van der Waals surface area (Å²) in [6.07, 6.45) is 0. The third-order valence-corrected chi connectivity index (χ3v) is 12.5. The number of para-hydroxylation sites is 2. The first-order valence-electron chi connectivity index (χ1n) is 20.6. The van der Waals surface area contributed by atoms with Crippen molar-refractivity contribution in [3.63, 3.8) is 0 Å². The van der Waals surface area contributed by atoms with Crippen LogP contribution in [0, 0.1) is 0 Å². The molecule has 0 bridgehead atoms. The molecule has 3 nitrogen and oxygen atoms in total. The van der Waals surface area contributed by atoms with Crippen LogP contribution in [0.5, 0.6) is 0 Å². The second kappa shape index (κ2) is 13.6. The summed E-state index contributed by atoms with van der Waals surface area (Å²) in [5, 5.41) is 2.35. The number of rotatable bonds is 5. The Labute approximate surface area is 349 Å². The maximum atomic E-state index is 5.31. The van der Waals surface area contributed by atoms with E-state index in [-0.39, 0.29) is 0 Å². The smallest absolute Gasteiger partial charge is 0.160 e.